The second-order valence-electron chi connectivity index (χ2n) is 7.42. The van der Waals surface area contributed by atoms with Crippen LogP contribution in [0.2, 0.25) is 5.02 Å². The number of carbonyl (C=O) groups excluding carboxylic acids is 2. The van der Waals surface area contributed by atoms with Crippen LogP contribution in [0.5, 0.6) is 11.5 Å². The maximum atomic E-state index is 13.3. The number of likely N-dealkylation sites (tertiary alicyclic amines) is 1. The summed E-state index contributed by atoms with van der Waals surface area (Å²) in [5, 5.41) is 13.3. The van der Waals surface area contributed by atoms with Crippen molar-refractivity contribution in [3.8, 4) is 11.5 Å². The largest absolute Gasteiger partial charge is 0.506 e. The Hall–Kier alpha value is -2.73. The third-order valence-corrected chi connectivity index (χ3v) is 5.70. The van der Waals surface area contributed by atoms with Gasteiger partial charge < -0.3 is 20.1 Å². The quantitative estimate of drug-likeness (QED) is 0.620. The first kappa shape index (κ1) is 22.0. The standard InChI is InChI=1S/C23H27ClN2O4/c1-3-4-13-26-21(28)12-10-17(22(26)16-7-5-6-8-20(16)30-2)23(29)25-18-14-15(24)9-11-19(18)27/h5-9,11,14,17,22,27H,3-4,10,12-13H2,1-2H3,(H,25,29). The average molecular weight is 431 g/mol. The van der Waals surface area contributed by atoms with E-state index in [1.165, 1.54) is 12.1 Å². The van der Waals surface area contributed by atoms with Crippen molar-refractivity contribution in [2.75, 3.05) is 19.0 Å². The maximum absolute atomic E-state index is 13.3. The molecule has 2 aromatic rings. The lowest BCUT2D eigenvalue weighted by Crippen LogP contribution is -2.47. The zero-order valence-corrected chi connectivity index (χ0v) is 18.0. The highest BCUT2D eigenvalue weighted by Gasteiger charge is 2.41. The lowest BCUT2D eigenvalue weighted by Gasteiger charge is -2.41. The number of hydrogen-bond acceptors (Lipinski definition) is 4. The smallest absolute Gasteiger partial charge is 0.230 e. The van der Waals surface area contributed by atoms with Crippen LogP contribution in [0.4, 0.5) is 5.69 Å². The fourth-order valence-corrected chi connectivity index (χ4v) is 4.12. The number of phenolic OH excluding ortho intramolecular Hbond substituents is 1. The molecular formula is C23H27ClN2O4. The predicted octanol–water partition coefficient (Wildman–Crippen LogP) is 4.77. The second-order valence-corrected chi connectivity index (χ2v) is 7.86. The van der Waals surface area contributed by atoms with E-state index in [2.05, 4.69) is 12.2 Å². The molecule has 2 atom stereocenters. The van der Waals surface area contributed by atoms with Crippen molar-refractivity contribution in [2.24, 2.45) is 5.92 Å². The minimum Gasteiger partial charge on any atom is -0.506 e. The summed E-state index contributed by atoms with van der Waals surface area (Å²) in [4.78, 5) is 27.9. The highest BCUT2D eigenvalue weighted by atomic mass is 35.5. The molecule has 0 aromatic heterocycles. The summed E-state index contributed by atoms with van der Waals surface area (Å²) in [5.74, 6) is -0.140. The Morgan fingerprint density at radius 1 is 1.30 bits per heavy atom. The molecule has 1 aliphatic heterocycles. The number of nitrogens with one attached hydrogen (secondary N) is 1. The molecule has 1 heterocycles. The first-order chi connectivity index (χ1) is 14.5. The molecule has 1 saturated heterocycles. The lowest BCUT2D eigenvalue weighted by atomic mass is 9.83. The number of piperidine rings is 1. The van der Waals surface area contributed by atoms with Crippen molar-refractivity contribution in [3.63, 3.8) is 0 Å². The predicted molar refractivity (Wildman–Crippen MR) is 117 cm³/mol. The summed E-state index contributed by atoms with van der Waals surface area (Å²) in [6.45, 7) is 2.64. The molecule has 2 aromatic carbocycles. The van der Waals surface area contributed by atoms with Crippen LogP contribution in [0.15, 0.2) is 42.5 Å². The number of methoxy groups -OCH3 is 1. The van der Waals surface area contributed by atoms with E-state index < -0.39 is 12.0 Å². The van der Waals surface area contributed by atoms with Gasteiger partial charge in [-0.15, -0.1) is 0 Å². The number of nitrogens with zero attached hydrogens (tertiary/aromatic N) is 1. The SMILES string of the molecule is CCCCN1C(=O)CCC(C(=O)Nc2cc(Cl)ccc2O)C1c1ccccc1OC. The highest BCUT2D eigenvalue weighted by molar-refractivity contribution is 6.31. The molecule has 2 amide bonds. The number of benzene rings is 2. The Bertz CT molecular complexity index is 918. The van der Waals surface area contributed by atoms with Gasteiger partial charge in [-0.2, -0.15) is 0 Å². The fraction of sp³-hybridized carbons (Fsp3) is 0.391. The number of aromatic hydroxyl groups is 1. The molecule has 0 spiro atoms. The van der Waals surface area contributed by atoms with Crippen molar-refractivity contribution in [1.29, 1.82) is 0 Å². The molecule has 0 radical (unpaired) electrons. The van der Waals surface area contributed by atoms with Crippen LogP contribution in [0, 0.1) is 5.92 Å². The number of rotatable bonds is 7. The Kier molecular flexibility index (Phi) is 7.21. The van der Waals surface area contributed by atoms with Crippen LogP contribution in [0.3, 0.4) is 0 Å². The molecule has 0 aliphatic carbocycles. The summed E-state index contributed by atoms with van der Waals surface area (Å²) < 4.78 is 5.54. The van der Waals surface area contributed by atoms with Gasteiger partial charge in [-0.3, -0.25) is 9.59 Å². The van der Waals surface area contributed by atoms with Crippen molar-refractivity contribution >= 4 is 29.1 Å². The van der Waals surface area contributed by atoms with Gasteiger partial charge in [0.2, 0.25) is 11.8 Å². The van der Waals surface area contributed by atoms with E-state index in [0.717, 1.165) is 18.4 Å². The van der Waals surface area contributed by atoms with Crippen molar-refractivity contribution in [3.05, 3.63) is 53.1 Å². The number of carbonyl (C=O) groups is 2. The summed E-state index contributed by atoms with van der Waals surface area (Å²) >= 11 is 6.02. The molecule has 1 fully saturated rings. The van der Waals surface area contributed by atoms with Gasteiger partial charge >= 0.3 is 0 Å². The molecule has 6 nitrogen and oxygen atoms in total. The minimum absolute atomic E-state index is 0.0361. The number of para-hydroxylation sites is 1. The minimum atomic E-state index is -0.491. The van der Waals surface area contributed by atoms with Crippen LogP contribution in [0.1, 0.15) is 44.2 Å². The number of amides is 2. The third kappa shape index (κ3) is 4.70. The average Bonchev–Trinajstić information content (AvgIpc) is 2.75. The summed E-state index contributed by atoms with van der Waals surface area (Å²) in [7, 11) is 1.58. The molecule has 0 bridgehead atoms. The molecule has 2 N–H and O–H groups in total. The topological polar surface area (TPSA) is 78.9 Å². The van der Waals surface area contributed by atoms with Crippen LogP contribution in [-0.4, -0.2) is 35.5 Å². The summed E-state index contributed by atoms with van der Waals surface area (Å²) in [6, 6.07) is 11.5. The van der Waals surface area contributed by atoms with Crippen molar-refractivity contribution in [1.82, 2.24) is 4.90 Å². The van der Waals surface area contributed by atoms with E-state index in [1.54, 1.807) is 18.1 Å². The van der Waals surface area contributed by atoms with Crippen molar-refractivity contribution in [2.45, 2.75) is 38.6 Å². The van der Waals surface area contributed by atoms with Crippen LogP contribution < -0.4 is 10.1 Å². The van der Waals surface area contributed by atoms with Crippen LogP contribution >= 0.6 is 11.6 Å². The summed E-state index contributed by atoms with van der Waals surface area (Å²) in [6.07, 6.45) is 2.50. The lowest BCUT2D eigenvalue weighted by molar-refractivity contribution is -0.142. The number of ether oxygens (including phenoxy) is 1. The van der Waals surface area contributed by atoms with Crippen molar-refractivity contribution < 1.29 is 19.4 Å². The van der Waals surface area contributed by atoms with Gasteiger partial charge in [0.25, 0.3) is 0 Å². The Morgan fingerprint density at radius 3 is 2.80 bits per heavy atom. The zero-order valence-electron chi connectivity index (χ0n) is 17.2. The zero-order chi connectivity index (χ0) is 21.7. The van der Waals surface area contributed by atoms with E-state index in [4.69, 9.17) is 16.3 Å². The monoisotopic (exact) mass is 430 g/mol. The number of halogens is 1. The Morgan fingerprint density at radius 2 is 2.07 bits per heavy atom. The molecule has 2 unspecified atom stereocenters. The fourth-order valence-electron chi connectivity index (χ4n) is 3.95. The van der Waals surface area contributed by atoms with E-state index in [1.807, 2.05) is 24.3 Å². The number of unbranched alkanes of at least 4 members (excludes halogenated alkanes) is 1. The first-order valence-electron chi connectivity index (χ1n) is 10.2. The van der Waals surface area contributed by atoms with E-state index >= 15 is 0 Å². The maximum Gasteiger partial charge on any atom is 0.230 e. The number of phenols is 1. The van der Waals surface area contributed by atoms with Gasteiger partial charge in [-0.05, 0) is 37.1 Å². The second kappa shape index (κ2) is 9.85. The molecule has 0 saturated carbocycles. The molecule has 30 heavy (non-hydrogen) atoms. The van der Waals surface area contributed by atoms with Gasteiger partial charge in [0.15, 0.2) is 0 Å². The normalized spacial score (nSPS) is 18.9. The van der Waals surface area contributed by atoms with Gasteiger partial charge in [-0.1, -0.05) is 43.1 Å². The molecule has 160 valence electrons. The number of anilines is 1. The molecule has 3 rings (SSSR count). The highest BCUT2D eigenvalue weighted by Crippen LogP contribution is 2.41. The Labute approximate surface area is 181 Å². The third-order valence-electron chi connectivity index (χ3n) is 5.47. The van der Waals surface area contributed by atoms with E-state index in [9.17, 15) is 14.7 Å². The molecule has 7 heteroatoms. The van der Waals surface area contributed by atoms with Crippen LogP contribution in [-0.2, 0) is 9.59 Å². The van der Waals surface area contributed by atoms with Gasteiger partial charge in [0.05, 0.1) is 24.8 Å². The van der Waals surface area contributed by atoms with Crippen LogP contribution in [0.25, 0.3) is 0 Å². The Balaban J connectivity index is 1.98. The number of hydrogen-bond donors (Lipinski definition) is 2. The molecule has 1 aliphatic rings. The van der Waals surface area contributed by atoms with Gasteiger partial charge in [0, 0.05) is 23.6 Å². The van der Waals surface area contributed by atoms with Gasteiger partial charge in [-0.25, -0.2) is 0 Å². The molecular weight excluding hydrogens is 404 g/mol. The van der Waals surface area contributed by atoms with E-state index in [-0.39, 0.29) is 23.3 Å². The van der Waals surface area contributed by atoms with E-state index in [0.29, 0.717) is 30.2 Å². The first-order valence-corrected chi connectivity index (χ1v) is 10.6. The van der Waals surface area contributed by atoms with Gasteiger partial charge in [0.1, 0.15) is 11.5 Å². The summed E-state index contributed by atoms with van der Waals surface area (Å²) in [5.41, 5.74) is 1.06.